The third-order valence-electron chi connectivity index (χ3n) is 2.12. The number of hydrogen-bond donors (Lipinski definition) is 1. The molecule has 0 fully saturated rings. The van der Waals surface area contributed by atoms with Crippen LogP contribution in [-0.4, -0.2) is 13.4 Å². The van der Waals surface area contributed by atoms with Crippen LogP contribution in [0.2, 0.25) is 0 Å². The maximum atomic E-state index is 13.0. The number of pyridine rings is 1. The molecule has 1 heterocycles. The van der Waals surface area contributed by atoms with Crippen molar-refractivity contribution in [2.24, 2.45) is 0 Å². The van der Waals surface area contributed by atoms with E-state index in [0.717, 1.165) is 6.07 Å². The number of nitrogens with zero attached hydrogens (tertiary/aromatic N) is 1. The summed E-state index contributed by atoms with van der Waals surface area (Å²) in [4.78, 5) is 3.69. The van der Waals surface area contributed by atoms with Crippen molar-refractivity contribution in [2.45, 2.75) is 4.90 Å². The molecule has 1 aromatic carbocycles. The second-order valence-electron chi connectivity index (χ2n) is 3.42. The molecule has 0 bridgehead atoms. The molecule has 0 spiro atoms. The quantitative estimate of drug-likeness (QED) is 0.941. The van der Waals surface area contributed by atoms with Gasteiger partial charge in [-0.15, -0.1) is 0 Å². The zero-order valence-electron chi connectivity index (χ0n) is 8.97. The van der Waals surface area contributed by atoms with Crippen LogP contribution in [0, 0.1) is 5.82 Å². The summed E-state index contributed by atoms with van der Waals surface area (Å²) in [5, 5.41) is 0. The van der Waals surface area contributed by atoms with Crippen LogP contribution in [0.25, 0.3) is 0 Å². The average Bonchev–Trinajstić information content (AvgIpc) is 2.32. The van der Waals surface area contributed by atoms with Crippen LogP contribution in [0.5, 0.6) is 0 Å². The molecule has 94 valence electrons. The first-order valence-electron chi connectivity index (χ1n) is 4.87. The van der Waals surface area contributed by atoms with E-state index in [2.05, 4.69) is 25.6 Å². The lowest BCUT2D eigenvalue weighted by molar-refractivity contribution is 0.595. The molecular formula is C11H8BrFN2O2S. The zero-order valence-corrected chi connectivity index (χ0v) is 11.4. The molecule has 0 atom stereocenters. The molecule has 0 saturated heterocycles. The smallest absolute Gasteiger partial charge is 0.262 e. The van der Waals surface area contributed by atoms with Gasteiger partial charge in [0.25, 0.3) is 10.0 Å². The van der Waals surface area contributed by atoms with Crippen LogP contribution in [0.1, 0.15) is 0 Å². The number of hydrogen-bond acceptors (Lipinski definition) is 3. The SMILES string of the molecule is O=S(=O)(Nc1ccncc1Br)c1cccc(F)c1. The molecule has 0 aliphatic carbocycles. The maximum absolute atomic E-state index is 13.0. The largest absolute Gasteiger partial charge is 0.278 e. The molecule has 7 heteroatoms. The summed E-state index contributed by atoms with van der Waals surface area (Å²) in [7, 11) is -3.81. The Morgan fingerprint density at radius 3 is 2.72 bits per heavy atom. The van der Waals surface area contributed by atoms with E-state index in [1.165, 1.54) is 36.7 Å². The number of aromatic nitrogens is 1. The molecule has 0 unspecified atom stereocenters. The minimum Gasteiger partial charge on any atom is -0.278 e. The molecule has 0 aliphatic heterocycles. The van der Waals surface area contributed by atoms with Crippen molar-refractivity contribution >= 4 is 31.6 Å². The van der Waals surface area contributed by atoms with Crippen LogP contribution >= 0.6 is 15.9 Å². The third kappa shape index (κ3) is 2.85. The molecule has 1 N–H and O–H groups in total. The highest BCUT2D eigenvalue weighted by atomic mass is 79.9. The molecule has 4 nitrogen and oxygen atoms in total. The molecule has 0 amide bonds. The van der Waals surface area contributed by atoms with Crippen molar-refractivity contribution in [2.75, 3.05) is 4.72 Å². The third-order valence-corrected chi connectivity index (χ3v) is 4.12. The second kappa shape index (κ2) is 5.03. The Labute approximate surface area is 112 Å². The highest BCUT2D eigenvalue weighted by Crippen LogP contribution is 2.23. The fourth-order valence-corrected chi connectivity index (χ4v) is 2.89. The average molecular weight is 331 g/mol. The Morgan fingerprint density at radius 1 is 1.28 bits per heavy atom. The van der Waals surface area contributed by atoms with E-state index in [1.807, 2.05) is 0 Å². The first-order chi connectivity index (χ1) is 8.49. The maximum Gasteiger partial charge on any atom is 0.262 e. The molecule has 0 saturated carbocycles. The lowest BCUT2D eigenvalue weighted by atomic mass is 10.4. The van der Waals surface area contributed by atoms with Gasteiger partial charge >= 0.3 is 0 Å². The van der Waals surface area contributed by atoms with Crippen molar-refractivity contribution in [3.63, 3.8) is 0 Å². The van der Waals surface area contributed by atoms with Gasteiger partial charge in [0.15, 0.2) is 0 Å². The van der Waals surface area contributed by atoms with Crippen LogP contribution < -0.4 is 4.72 Å². The monoisotopic (exact) mass is 330 g/mol. The molecule has 2 aromatic rings. The van der Waals surface area contributed by atoms with Crippen LogP contribution in [0.3, 0.4) is 0 Å². The van der Waals surface area contributed by atoms with Crippen molar-refractivity contribution in [3.05, 3.63) is 53.0 Å². The molecule has 0 aliphatic rings. The lowest BCUT2D eigenvalue weighted by Gasteiger charge is -2.09. The first kappa shape index (κ1) is 13.0. The van der Waals surface area contributed by atoms with E-state index in [9.17, 15) is 12.8 Å². The van der Waals surface area contributed by atoms with Gasteiger partial charge < -0.3 is 0 Å². The summed E-state index contributed by atoms with van der Waals surface area (Å²) in [6.45, 7) is 0. The molecule has 2 rings (SSSR count). The van der Waals surface area contributed by atoms with E-state index in [-0.39, 0.29) is 4.90 Å². The van der Waals surface area contributed by atoms with E-state index in [4.69, 9.17) is 0 Å². The number of benzene rings is 1. The lowest BCUT2D eigenvalue weighted by Crippen LogP contribution is -2.13. The fraction of sp³-hybridized carbons (Fsp3) is 0. The van der Waals surface area contributed by atoms with Gasteiger partial charge in [-0.3, -0.25) is 9.71 Å². The first-order valence-corrected chi connectivity index (χ1v) is 7.14. The minimum atomic E-state index is -3.81. The van der Waals surface area contributed by atoms with Gasteiger partial charge in [-0.25, -0.2) is 12.8 Å². The number of anilines is 1. The summed E-state index contributed by atoms with van der Waals surface area (Å²) < 4.78 is 39.8. The standard InChI is InChI=1S/C11H8BrFN2O2S/c12-10-7-14-5-4-11(10)15-18(16,17)9-3-1-2-8(13)6-9/h1-7H,(H,14,15). The molecule has 0 radical (unpaired) electrons. The van der Waals surface area contributed by atoms with Gasteiger partial charge in [0, 0.05) is 12.4 Å². The van der Waals surface area contributed by atoms with Crippen molar-refractivity contribution in [1.82, 2.24) is 4.98 Å². The summed E-state index contributed by atoms with van der Waals surface area (Å²) in [5.74, 6) is -0.605. The normalized spacial score (nSPS) is 11.2. The zero-order chi connectivity index (χ0) is 13.2. The summed E-state index contributed by atoms with van der Waals surface area (Å²) >= 11 is 3.17. The second-order valence-corrected chi connectivity index (χ2v) is 5.96. The summed E-state index contributed by atoms with van der Waals surface area (Å²) in [6, 6.07) is 6.30. The van der Waals surface area contributed by atoms with Crippen molar-refractivity contribution in [1.29, 1.82) is 0 Å². The van der Waals surface area contributed by atoms with Crippen molar-refractivity contribution < 1.29 is 12.8 Å². The molecular weight excluding hydrogens is 323 g/mol. The number of halogens is 2. The Hall–Kier alpha value is -1.47. The summed E-state index contributed by atoms with van der Waals surface area (Å²) in [5.41, 5.74) is 0.342. The van der Waals surface area contributed by atoms with Gasteiger partial charge in [-0.1, -0.05) is 6.07 Å². The Kier molecular flexibility index (Phi) is 3.63. The fourth-order valence-electron chi connectivity index (χ4n) is 1.30. The van der Waals surface area contributed by atoms with Gasteiger partial charge in [-0.2, -0.15) is 0 Å². The van der Waals surface area contributed by atoms with Crippen LogP contribution in [0.4, 0.5) is 10.1 Å². The predicted molar refractivity (Wildman–Crippen MR) is 69.1 cm³/mol. The minimum absolute atomic E-state index is 0.133. The summed E-state index contributed by atoms with van der Waals surface area (Å²) in [6.07, 6.45) is 2.91. The van der Waals surface area contributed by atoms with Gasteiger partial charge in [0.2, 0.25) is 0 Å². The van der Waals surface area contributed by atoms with E-state index < -0.39 is 15.8 Å². The van der Waals surface area contributed by atoms with Crippen LogP contribution in [-0.2, 0) is 10.0 Å². The molecule has 18 heavy (non-hydrogen) atoms. The topological polar surface area (TPSA) is 59.1 Å². The van der Waals surface area contributed by atoms with Gasteiger partial charge in [-0.05, 0) is 40.2 Å². The Morgan fingerprint density at radius 2 is 2.06 bits per heavy atom. The van der Waals surface area contributed by atoms with Crippen LogP contribution in [0.15, 0.2) is 52.1 Å². The predicted octanol–water partition coefficient (Wildman–Crippen LogP) is 2.78. The Bertz CT molecular complexity index is 676. The van der Waals surface area contributed by atoms with Gasteiger partial charge in [0.1, 0.15) is 5.82 Å². The van der Waals surface area contributed by atoms with E-state index in [1.54, 1.807) is 0 Å². The van der Waals surface area contributed by atoms with E-state index in [0.29, 0.717) is 10.2 Å². The number of rotatable bonds is 3. The van der Waals surface area contributed by atoms with Gasteiger partial charge in [0.05, 0.1) is 15.1 Å². The molecule has 1 aromatic heterocycles. The highest BCUT2D eigenvalue weighted by Gasteiger charge is 2.15. The highest BCUT2D eigenvalue weighted by molar-refractivity contribution is 9.10. The number of sulfonamides is 1. The Balaban J connectivity index is 2.37. The van der Waals surface area contributed by atoms with E-state index >= 15 is 0 Å². The van der Waals surface area contributed by atoms with Crippen molar-refractivity contribution in [3.8, 4) is 0 Å². The number of nitrogens with one attached hydrogen (secondary N) is 1.